The van der Waals surface area contributed by atoms with Crippen molar-refractivity contribution in [2.75, 3.05) is 23.4 Å². The van der Waals surface area contributed by atoms with Gasteiger partial charge in [0.25, 0.3) is 0 Å². The van der Waals surface area contributed by atoms with Crippen molar-refractivity contribution in [1.29, 1.82) is 0 Å². The maximum Gasteiger partial charge on any atom is 0.228 e. The van der Waals surface area contributed by atoms with Crippen LogP contribution in [0.5, 0.6) is 0 Å². The summed E-state index contributed by atoms with van der Waals surface area (Å²) in [5.74, 6) is 0.637. The molecule has 0 aliphatic carbocycles. The minimum absolute atomic E-state index is 0.0707. The fourth-order valence-electron chi connectivity index (χ4n) is 3.59. The number of sulfone groups is 1. The summed E-state index contributed by atoms with van der Waals surface area (Å²) < 4.78 is 31.0. The average molecular weight is 396 g/mol. The molecular weight excluding hydrogens is 374 g/mol. The Bertz CT molecular complexity index is 932. The number of thiophene rings is 1. The Balaban J connectivity index is 1.47. The predicted molar refractivity (Wildman–Crippen MR) is 99.2 cm³/mol. The quantitative estimate of drug-likeness (QED) is 0.858. The Morgan fingerprint density at radius 1 is 1.50 bits per heavy atom. The number of rotatable bonds is 4. The van der Waals surface area contributed by atoms with Crippen LogP contribution in [0.25, 0.3) is 0 Å². The van der Waals surface area contributed by atoms with Crippen molar-refractivity contribution in [3.05, 3.63) is 33.6 Å². The average Bonchev–Trinajstić information content (AvgIpc) is 3.26. The second kappa shape index (κ2) is 6.79. The molecule has 0 spiro atoms. The van der Waals surface area contributed by atoms with E-state index >= 15 is 0 Å². The normalized spacial score (nSPS) is 24.3. The van der Waals surface area contributed by atoms with E-state index in [1.54, 1.807) is 22.1 Å². The van der Waals surface area contributed by atoms with Crippen LogP contribution in [0, 0.1) is 6.92 Å². The maximum absolute atomic E-state index is 12.6. The van der Waals surface area contributed by atoms with Crippen LogP contribution in [-0.4, -0.2) is 42.2 Å². The van der Waals surface area contributed by atoms with Crippen molar-refractivity contribution < 1.29 is 17.9 Å². The Morgan fingerprint density at radius 3 is 3.12 bits per heavy atom. The molecule has 2 unspecified atom stereocenters. The van der Waals surface area contributed by atoms with E-state index in [0.29, 0.717) is 18.8 Å². The van der Waals surface area contributed by atoms with E-state index in [9.17, 15) is 13.2 Å². The van der Waals surface area contributed by atoms with Gasteiger partial charge in [-0.25, -0.2) is 13.1 Å². The molecule has 4 rings (SSSR count). The minimum Gasteiger partial charge on any atom is -0.372 e. The van der Waals surface area contributed by atoms with Crippen molar-refractivity contribution in [2.24, 2.45) is 0 Å². The third-order valence-corrected chi connectivity index (χ3v) is 7.62. The number of fused-ring (bicyclic) bond motifs is 1. The zero-order chi connectivity index (χ0) is 18.3. The number of nitrogens with zero attached hydrogens (tertiary/aromatic N) is 2. The number of aryl methyl sites for hydroxylation is 1. The highest BCUT2D eigenvalue weighted by atomic mass is 32.2. The molecule has 0 bridgehead atoms. The molecule has 9 heteroatoms. The highest BCUT2D eigenvalue weighted by Gasteiger charge is 2.32. The predicted octanol–water partition coefficient (Wildman–Crippen LogP) is 2.26. The number of hydrogen-bond acceptors (Lipinski definition) is 6. The summed E-state index contributed by atoms with van der Waals surface area (Å²) in [7, 11) is -3.02. The Labute approximate surface area is 156 Å². The van der Waals surface area contributed by atoms with Gasteiger partial charge in [0.1, 0.15) is 11.9 Å². The molecule has 7 nitrogen and oxygen atoms in total. The third-order valence-electron chi connectivity index (χ3n) is 4.81. The maximum atomic E-state index is 12.6. The zero-order valence-corrected chi connectivity index (χ0v) is 16.1. The van der Waals surface area contributed by atoms with Crippen LogP contribution in [0.3, 0.4) is 0 Å². The van der Waals surface area contributed by atoms with Gasteiger partial charge in [0.2, 0.25) is 5.91 Å². The summed E-state index contributed by atoms with van der Waals surface area (Å²) in [5.41, 5.74) is 2.01. The van der Waals surface area contributed by atoms with Crippen molar-refractivity contribution >= 4 is 32.9 Å². The molecule has 0 radical (unpaired) electrons. The molecule has 1 fully saturated rings. The largest absolute Gasteiger partial charge is 0.372 e. The Kier molecular flexibility index (Phi) is 4.62. The molecule has 4 heterocycles. The molecule has 0 aromatic carbocycles. The number of ether oxygens (including phenoxy) is 1. The van der Waals surface area contributed by atoms with Crippen molar-refractivity contribution in [1.82, 2.24) is 9.78 Å². The van der Waals surface area contributed by atoms with Crippen LogP contribution in [0.4, 0.5) is 5.82 Å². The molecule has 2 aromatic heterocycles. The fraction of sp³-hybridized carbons (Fsp3) is 0.529. The zero-order valence-electron chi connectivity index (χ0n) is 14.5. The molecule has 2 aliphatic rings. The Morgan fingerprint density at radius 2 is 2.35 bits per heavy atom. The standard InChI is InChI=1S/C17H21N3O4S2/c1-11-8-15(20(19-11)13-4-7-26(22,23)10-13)18-16(21)9-14-17-12(2-5-24-14)3-6-25-17/h3,6,8,13-14H,2,4-5,7,9-10H2,1H3,(H,18,21). The smallest absolute Gasteiger partial charge is 0.228 e. The molecule has 2 aliphatic heterocycles. The number of amides is 1. The van der Waals surface area contributed by atoms with Crippen LogP contribution in [0.1, 0.15) is 41.1 Å². The lowest BCUT2D eigenvalue weighted by molar-refractivity contribution is -0.119. The van der Waals surface area contributed by atoms with Crippen LogP contribution in [0.15, 0.2) is 17.5 Å². The molecule has 1 N–H and O–H groups in total. The summed E-state index contributed by atoms with van der Waals surface area (Å²) in [6.07, 6.45) is 1.43. The van der Waals surface area contributed by atoms with E-state index in [1.165, 1.54) is 5.56 Å². The van der Waals surface area contributed by atoms with Gasteiger partial charge >= 0.3 is 0 Å². The minimum atomic E-state index is -3.02. The lowest BCUT2D eigenvalue weighted by Crippen LogP contribution is -2.23. The van der Waals surface area contributed by atoms with Gasteiger partial charge in [-0.2, -0.15) is 5.10 Å². The van der Waals surface area contributed by atoms with Crippen LogP contribution < -0.4 is 5.32 Å². The van der Waals surface area contributed by atoms with Gasteiger partial charge in [-0.3, -0.25) is 4.79 Å². The van der Waals surface area contributed by atoms with Gasteiger partial charge in [-0.1, -0.05) is 0 Å². The summed E-state index contributed by atoms with van der Waals surface area (Å²) in [5, 5.41) is 9.32. The number of aromatic nitrogens is 2. The molecule has 1 amide bonds. The second-order valence-electron chi connectivity index (χ2n) is 6.84. The van der Waals surface area contributed by atoms with Gasteiger partial charge in [0, 0.05) is 10.9 Å². The van der Waals surface area contributed by atoms with E-state index in [0.717, 1.165) is 17.0 Å². The topological polar surface area (TPSA) is 90.3 Å². The summed E-state index contributed by atoms with van der Waals surface area (Å²) in [6.45, 7) is 2.45. The van der Waals surface area contributed by atoms with E-state index in [2.05, 4.69) is 16.5 Å². The lowest BCUT2D eigenvalue weighted by Gasteiger charge is -2.23. The van der Waals surface area contributed by atoms with Crippen molar-refractivity contribution in [3.63, 3.8) is 0 Å². The number of nitrogens with one attached hydrogen (secondary N) is 1. The highest BCUT2D eigenvalue weighted by molar-refractivity contribution is 7.91. The molecule has 0 saturated carbocycles. The lowest BCUT2D eigenvalue weighted by atomic mass is 10.1. The summed E-state index contributed by atoms with van der Waals surface area (Å²) in [6, 6.07) is 3.65. The van der Waals surface area contributed by atoms with E-state index in [4.69, 9.17) is 4.74 Å². The van der Waals surface area contributed by atoms with Gasteiger partial charge in [-0.05, 0) is 36.8 Å². The fourth-order valence-corrected chi connectivity index (χ4v) is 6.29. The molecule has 26 heavy (non-hydrogen) atoms. The first-order valence-electron chi connectivity index (χ1n) is 8.65. The van der Waals surface area contributed by atoms with Gasteiger partial charge in [0.15, 0.2) is 9.84 Å². The van der Waals surface area contributed by atoms with E-state index in [1.807, 2.05) is 12.3 Å². The third kappa shape index (κ3) is 3.56. The number of hydrogen-bond donors (Lipinski definition) is 1. The molecule has 2 aromatic rings. The first-order valence-corrected chi connectivity index (χ1v) is 11.4. The molecular formula is C17H21N3O4S2. The number of carbonyl (C=O) groups is 1. The summed E-state index contributed by atoms with van der Waals surface area (Å²) in [4.78, 5) is 13.7. The second-order valence-corrected chi connectivity index (χ2v) is 10.0. The van der Waals surface area contributed by atoms with Gasteiger partial charge in [-0.15, -0.1) is 11.3 Å². The van der Waals surface area contributed by atoms with Gasteiger partial charge < -0.3 is 10.1 Å². The van der Waals surface area contributed by atoms with Crippen LogP contribution in [0.2, 0.25) is 0 Å². The van der Waals surface area contributed by atoms with Crippen LogP contribution >= 0.6 is 11.3 Å². The SMILES string of the molecule is Cc1cc(NC(=O)CC2OCCc3ccsc32)n(C2CCS(=O)(=O)C2)n1. The monoisotopic (exact) mass is 395 g/mol. The number of carbonyl (C=O) groups excluding carboxylic acids is 1. The van der Waals surface area contributed by atoms with E-state index < -0.39 is 9.84 Å². The first-order chi connectivity index (χ1) is 12.4. The van der Waals surface area contributed by atoms with Crippen molar-refractivity contribution in [3.8, 4) is 0 Å². The van der Waals surface area contributed by atoms with Crippen LogP contribution in [-0.2, 0) is 25.8 Å². The van der Waals surface area contributed by atoms with Crippen molar-refractivity contribution in [2.45, 2.75) is 38.3 Å². The molecule has 1 saturated heterocycles. The van der Waals surface area contributed by atoms with E-state index in [-0.39, 0.29) is 36.0 Å². The summed E-state index contributed by atoms with van der Waals surface area (Å²) >= 11 is 1.62. The molecule has 140 valence electrons. The first kappa shape index (κ1) is 17.7. The highest BCUT2D eigenvalue weighted by Crippen LogP contribution is 2.34. The number of anilines is 1. The molecule has 2 atom stereocenters. The Hall–Kier alpha value is -1.71. The van der Waals surface area contributed by atoms with Gasteiger partial charge in [0.05, 0.1) is 36.3 Å².